The summed E-state index contributed by atoms with van der Waals surface area (Å²) in [6.07, 6.45) is 0.429. The lowest BCUT2D eigenvalue weighted by molar-refractivity contribution is 0.0120. The second-order valence-electron chi connectivity index (χ2n) is 3.69. The molecule has 1 atom stereocenters. The van der Waals surface area contributed by atoms with Crippen LogP contribution in [0.1, 0.15) is 29.9 Å². The predicted octanol–water partition coefficient (Wildman–Crippen LogP) is 2.49. The van der Waals surface area contributed by atoms with Crippen molar-refractivity contribution in [1.29, 1.82) is 0 Å². The Morgan fingerprint density at radius 2 is 2.24 bits per heavy atom. The lowest BCUT2D eigenvalue weighted by Crippen LogP contribution is -2.19. The summed E-state index contributed by atoms with van der Waals surface area (Å²) in [6.45, 7) is 4.08. The van der Waals surface area contributed by atoms with Gasteiger partial charge in [0.2, 0.25) is 0 Å². The smallest absolute Gasteiger partial charge is 0.338 e. The molecule has 0 saturated carbocycles. The van der Waals surface area contributed by atoms with Gasteiger partial charge in [-0.05, 0) is 25.5 Å². The molecule has 17 heavy (non-hydrogen) atoms. The second-order valence-corrected chi connectivity index (χ2v) is 4.08. The molecule has 0 aliphatic rings. The number of aryl methyl sites for hydroxylation is 1. The van der Waals surface area contributed by atoms with Gasteiger partial charge >= 0.3 is 5.97 Å². The summed E-state index contributed by atoms with van der Waals surface area (Å²) < 4.78 is 10.1. The standard InChI is InChI=1S/C12H16ClNO3/c1-4-10-5-9(6-11(13)14-10)12(15)17-8(2)7-16-3/h5-6,8H,4,7H2,1-3H3. The Labute approximate surface area is 106 Å². The molecule has 0 amide bonds. The molecule has 1 heterocycles. The van der Waals surface area contributed by atoms with Gasteiger partial charge in [-0.3, -0.25) is 0 Å². The van der Waals surface area contributed by atoms with Crippen molar-refractivity contribution in [2.45, 2.75) is 26.4 Å². The maximum Gasteiger partial charge on any atom is 0.338 e. The fourth-order valence-electron chi connectivity index (χ4n) is 1.37. The van der Waals surface area contributed by atoms with Gasteiger partial charge in [-0.25, -0.2) is 9.78 Å². The van der Waals surface area contributed by atoms with Gasteiger partial charge in [-0.2, -0.15) is 0 Å². The number of carbonyl (C=O) groups excluding carboxylic acids is 1. The molecular formula is C12H16ClNO3. The molecule has 5 heteroatoms. The fraction of sp³-hybridized carbons (Fsp3) is 0.500. The maximum absolute atomic E-state index is 11.8. The van der Waals surface area contributed by atoms with Crippen LogP contribution in [0.5, 0.6) is 0 Å². The molecule has 0 spiro atoms. The highest BCUT2D eigenvalue weighted by Gasteiger charge is 2.13. The molecule has 0 aliphatic heterocycles. The Morgan fingerprint density at radius 3 is 2.82 bits per heavy atom. The minimum Gasteiger partial charge on any atom is -0.457 e. The van der Waals surface area contributed by atoms with Crippen LogP contribution in [0.25, 0.3) is 0 Å². The minimum atomic E-state index is -0.409. The largest absolute Gasteiger partial charge is 0.457 e. The van der Waals surface area contributed by atoms with Crippen LogP contribution in [-0.4, -0.2) is 30.8 Å². The molecule has 0 bridgehead atoms. The first kappa shape index (κ1) is 13.9. The second kappa shape index (κ2) is 6.57. The highest BCUT2D eigenvalue weighted by molar-refractivity contribution is 6.29. The van der Waals surface area contributed by atoms with Crippen molar-refractivity contribution >= 4 is 17.6 Å². The predicted molar refractivity (Wildman–Crippen MR) is 65.4 cm³/mol. The Kier molecular flexibility index (Phi) is 5.38. The van der Waals surface area contributed by atoms with Crippen molar-refractivity contribution in [3.05, 3.63) is 28.5 Å². The van der Waals surface area contributed by atoms with Crippen molar-refractivity contribution in [3.8, 4) is 0 Å². The van der Waals surface area contributed by atoms with E-state index in [1.807, 2.05) is 6.92 Å². The van der Waals surface area contributed by atoms with E-state index in [4.69, 9.17) is 21.1 Å². The monoisotopic (exact) mass is 257 g/mol. The van der Waals surface area contributed by atoms with Gasteiger partial charge in [0.25, 0.3) is 0 Å². The van der Waals surface area contributed by atoms with Gasteiger partial charge in [-0.1, -0.05) is 18.5 Å². The summed E-state index contributed by atoms with van der Waals surface area (Å²) in [5, 5.41) is 0.302. The number of esters is 1. The van der Waals surface area contributed by atoms with E-state index in [1.165, 1.54) is 6.07 Å². The molecule has 0 saturated heterocycles. The van der Waals surface area contributed by atoms with Crippen LogP contribution in [0.3, 0.4) is 0 Å². The van der Waals surface area contributed by atoms with Crippen LogP contribution in [0.4, 0.5) is 0 Å². The van der Waals surface area contributed by atoms with Gasteiger partial charge in [0.05, 0.1) is 12.2 Å². The van der Waals surface area contributed by atoms with Gasteiger partial charge in [0, 0.05) is 12.8 Å². The van der Waals surface area contributed by atoms with Crippen LogP contribution in [0.15, 0.2) is 12.1 Å². The third kappa shape index (κ3) is 4.32. The first-order chi connectivity index (χ1) is 8.06. The molecule has 0 aromatic carbocycles. The first-order valence-electron chi connectivity index (χ1n) is 5.43. The summed E-state index contributed by atoms with van der Waals surface area (Å²) in [5.41, 5.74) is 1.19. The van der Waals surface area contributed by atoms with E-state index in [-0.39, 0.29) is 6.10 Å². The summed E-state index contributed by atoms with van der Waals surface area (Å²) >= 11 is 5.83. The number of aromatic nitrogens is 1. The minimum absolute atomic E-state index is 0.287. The van der Waals surface area contributed by atoms with E-state index in [1.54, 1.807) is 20.1 Å². The average molecular weight is 258 g/mol. The number of rotatable bonds is 5. The Bertz CT molecular complexity index is 395. The zero-order valence-corrected chi connectivity index (χ0v) is 11.0. The topological polar surface area (TPSA) is 48.4 Å². The molecule has 4 nitrogen and oxygen atoms in total. The molecule has 1 aromatic rings. The molecule has 0 radical (unpaired) electrons. The van der Waals surface area contributed by atoms with E-state index >= 15 is 0 Å². The van der Waals surface area contributed by atoms with E-state index in [0.29, 0.717) is 23.7 Å². The first-order valence-corrected chi connectivity index (χ1v) is 5.81. The van der Waals surface area contributed by atoms with Crippen LogP contribution in [-0.2, 0) is 15.9 Å². The van der Waals surface area contributed by atoms with Gasteiger partial charge in [0.15, 0.2) is 0 Å². The summed E-state index contributed by atoms with van der Waals surface area (Å²) in [5.74, 6) is -0.409. The fourth-order valence-corrected chi connectivity index (χ4v) is 1.60. The number of methoxy groups -OCH3 is 1. The van der Waals surface area contributed by atoms with Crippen molar-refractivity contribution in [1.82, 2.24) is 4.98 Å². The Balaban J connectivity index is 2.78. The van der Waals surface area contributed by atoms with E-state index in [0.717, 1.165) is 5.69 Å². The lowest BCUT2D eigenvalue weighted by atomic mass is 10.2. The highest BCUT2D eigenvalue weighted by Crippen LogP contribution is 2.13. The number of pyridine rings is 1. The third-order valence-corrected chi connectivity index (χ3v) is 2.35. The molecule has 0 aliphatic carbocycles. The van der Waals surface area contributed by atoms with Gasteiger partial charge < -0.3 is 9.47 Å². The summed E-state index contributed by atoms with van der Waals surface area (Å²) in [7, 11) is 1.56. The zero-order valence-electron chi connectivity index (χ0n) is 10.2. The number of nitrogens with zero attached hydrogens (tertiary/aromatic N) is 1. The number of hydrogen-bond acceptors (Lipinski definition) is 4. The van der Waals surface area contributed by atoms with Crippen molar-refractivity contribution < 1.29 is 14.3 Å². The summed E-state index contributed by atoms with van der Waals surface area (Å²) in [4.78, 5) is 15.9. The normalized spacial score (nSPS) is 12.2. The Morgan fingerprint density at radius 1 is 1.53 bits per heavy atom. The quantitative estimate of drug-likeness (QED) is 0.601. The van der Waals surface area contributed by atoms with Crippen LogP contribution in [0.2, 0.25) is 5.15 Å². The summed E-state index contributed by atoms with van der Waals surface area (Å²) in [6, 6.07) is 3.19. The molecule has 94 valence electrons. The number of carbonyl (C=O) groups is 1. The van der Waals surface area contributed by atoms with Crippen LogP contribution in [0, 0.1) is 0 Å². The van der Waals surface area contributed by atoms with E-state index in [9.17, 15) is 4.79 Å². The average Bonchev–Trinajstić information content (AvgIpc) is 2.28. The molecular weight excluding hydrogens is 242 g/mol. The van der Waals surface area contributed by atoms with E-state index in [2.05, 4.69) is 4.98 Å². The number of hydrogen-bond donors (Lipinski definition) is 0. The van der Waals surface area contributed by atoms with Gasteiger partial charge in [-0.15, -0.1) is 0 Å². The SMILES string of the molecule is CCc1cc(C(=O)OC(C)COC)cc(Cl)n1. The van der Waals surface area contributed by atoms with Crippen molar-refractivity contribution in [3.63, 3.8) is 0 Å². The molecule has 1 rings (SSSR count). The third-order valence-electron chi connectivity index (χ3n) is 2.15. The van der Waals surface area contributed by atoms with Crippen LogP contribution >= 0.6 is 11.6 Å². The zero-order chi connectivity index (χ0) is 12.8. The molecule has 1 aromatic heterocycles. The molecule has 0 fully saturated rings. The maximum atomic E-state index is 11.8. The van der Waals surface area contributed by atoms with Crippen molar-refractivity contribution in [2.75, 3.05) is 13.7 Å². The Hall–Kier alpha value is -1.13. The lowest BCUT2D eigenvalue weighted by Gasteiger charge is -2.12. The number of ether oxygens (including phenoxy) is 2. The van der Waals surface area contributed by atoms with Crippen LogP contribution < -0.4 is 0 Å². The molecule has 0 N–H and O–H groups in total. The van der Waals surface area contributed by atoms with E-state index < -0.39 is 5.97 Å². The number of halogens is 1. The van der Waals surface area contributed by atoms with Crippen molar-refractivity contribution in [2.24, 2.45) is 0 Å². The molecule has 1 unspecified atom stereocenters. The highest BCUT2D eigenvalue weighted by atomic mass is 35.5. The van der Waals surface area contributed by atoms with Gasteiger partial charge in [0.1, 0.15) is 11.3 Å².